The summed E-state index contributed by atoms with van der Waals surface area (Å²) in [5.74, 6) is 0. The van der Waals surface area contributed by atoms with Crippen molar-refractivity contribution in [1.29, 1.82) is 0 Å². The third-order valence-corrected chi connectivity index (χ3v) is 5.96. The topological polar surface area (TPSA) is 35.5 Å². The maximum atomic E-state index is 6.23. The summed E-state index contributed by atoms with van der Waals surface area (Å²) >= 11 is 0. The highest BCUT2D eigenvalue weighted by Crippen LogP contribution is 2.40. The van der Waals surface area contributed by atoms with Gasteiger partial charge in [-0.05, 0) is 47.5 Å². The Morgan fingerprint density at radius 1 is 0.667 bits per heavy atom. The summed E-state index contributed by atoms with van der Waals surface area (Å²) < 4.78 is 18.4. The van der Waals surface area contributed by atoms with Crippen LogP contribution in [0.5, 0.6) is 0 Å². The van der Waals surface area contributed by atoms with E-state index in [1.54, 1.807) is 0 Å². The normalized spacial score (nSPS) is 11.8. The molecule has 134 valence electrons. The average Bonchev–Trinajstić information content (AvgIpc) is 2.83. The van der Waals surface area contributed by atoms with E-state index in [2.05, 4.69) is 60.7 Å². The first-order chi connectivity index (χ1) is 13.2. The van der Waals surface area contributed by atoms with Gasteiger partial charge in [-0.3, -0.25) is 4.52 Å². The fraction of sp³-hybridized carbons (Fsp3) is 0.130. The molecule has 0 fully saturated rings. The summed E-state index contributed by atoms with van der Waals surface area (Å²) in [4.78, 5) is 0. The predicted molar refractivity (Wildman–Crippen MR) is 113 cm³/mol. The number of benzene rings is 4. The van der Waals surface area contributed by atoms with Crippen LogP contribution in [0.3, 0.4) is 0 Å². The highest BCUT2D eigenvalue weighted by Gasteiger charge is 2.13. The molecular formula is C23H19O3P. The van der Waals surface area contributed by atoms with Crippen LogP contribution < -0.4 is 4.52 Å². The van der Waals surface area contributed by atoms with E-state index in [1.807, 2.05) is 26.0 Å². The summed E-state index contributed by atoms with van der Waals surface area (Å²) in [6, 6.07) is 25.0. The van der Waals surface area contributed by atoms with Crippen molar-refractivity contribution in [2.45, 2.75) is 20.0 Å². The van der Waals surface area contributed by atoms with Crippen LogP contribution in [-0.2, 0) is 0 Å². The lowest BCUT2D eigenvalue weighted by molar-refractivity contribution is 0.300. The first-order valence-corrected chi connectivity index (χ1v) is 10.2. The van der Waals surface area contributed by atoms with Crippen molar-refractivity contribution in [2.75, 3.05) is 0 Å². The van der Waals surface area contributed by atoms with Crippen LogP contribution in [-0.4, -0.2) is 6.10 Å². The van der Waals surface area contributed by atoms with Crippen LogP contribution in [0.2, 0.25) is 0 Å². The van der Waals surface area contributed by atoms with Crippen molar-refractivity contribution < 1.29 is 12.9 Å². The largest absolute Gasteiger partial charge is 0.399 e. The van der Waals surface area contributed by atoms with Crippen LogP contribution in [0.1, 0.15) is 13.8 Å². The fourth-order valence-corrected chi connectivity index (χ4v) is 4.66. The van der Waals surface area contributed by atoms with Crippen molar-refractivity contribution >= 4 is 51.7 Å². The molecule has 0 saturated carbocycles. The molecule has 0 saturated heterocycles. The van der Waals surface area contributed by atoms with E-state index in [0.29, 0.717) is 0 Å². The number of fused-ring (bicyclic) bond motifs is 7. The maximum Gasteiger partial charge on any atom is 0.387 e. The van der Waals surface area contributed by atoms with Crippen molar-refractivity contribution in [1.82, 2.24) is 0 Å². The van der Waals surface area contributed by atoms with E-state index in [1.165, 1.54) is 10.8 Å². The molecule has 0 amide bonds. The lowest BCUT2D eigenvalue weighted by atomic mass is 9.99. The van der Waals surface area contributed by atoms with Crippen LogP contribution in [0.4, 0.5) is 0 Å². The molecule has 0 radical (unpaired) electrons. The molecule has 5 aromatic rings. The van der Waals surface area contributed by atoms with Gasteiger partial charge in [-0.2, -0.15) is 0 Å². The number of rotatable bonds is 2. The first-order valence-electron chi connectivity index (χ1n) is 9.07. The monoisotopic (exact) mass is 374 g/mol. The lowest BCUT2D eigenvalue weighted by Gasteiger charge is -2.05. The van der Waals surface area contributed by atoms with Crippen LogP contribution in [0, 0.1) is 0 Å². The minimum absolute atomic E-state index is 0.0158. The minimum Gasteiger partial charge on any atom is -0.399 e. The zero-order valence-corrected chi connectivity index (χ0v) is 16.1. The second-order valence-corrected chi connectivity index (χ2v) is 7.90. The third kappa shape index (κ3) is 2.80. The van der Waals surface area contributed by atoms with E-state index >= 15 is 0 Å². The van der Waals surface area contributed by atoms with Crippen molar-refractivity contribution in [3.05, 3.63) is 72.8 Å². The molecule has 0 bridgehead atoms. The van der Waals surface area contributed by atoms with Gasteiger partial charge in [0, 0.05) is 10.8 Å². The molecule has 5 rings (SSSR count). The Labute approximate surface area is 157 Å². The van der Waals surface area contributed by atoms with Crippen LogP contribution >= 0.6 is 8.24 Å². The van der Waals surface area contributed by atoms with Gasteiger partial charge in [0.15, 0.2) is 0 Å². The SMILES string of the molecule is CC(C)Op1oc2ccc3ccccc3c2c2c(ccc3ccccc32)o1. The quantitative estimate of drug-likeness (QED) is 0.322. The lowest BCUT2D eigenvalue weighted by Crippen LogP contribution is -2.02. The molecule has 0 aliphatic heterocycles. The van der Waals surface area contributed by atoms with Gasteiger partial charge in [0.2, 0.25) is 0 Å². The molecule has 0 aliphatic carbocycles. The number of hydrogen-bond acceptors (Lipinski definition) is 3. The van der Waals surface area contributed by atoms with Gasteiger partial charge in [0.25, 0.3) is 0 Å². The Bertz CT molecular complexity index is 1240. The average molecular weight is 374 g/mol. The summed E-state index contributed by atoms with van der Waals surface area (Å²) in [5, 5.41) is 6.79. The molecule has 4 aromatic carbocycles. The third-order valence-electron chi connectivity index (χ3n) is 4.67. The highest BCUT2D eigenvalue weighted by atomic mass is 31.1. The first kappa shape index (κ1) is 16.4. The van der Waals surface area contributed by atoms with E-state index in [-0.39, 0.29) is 6.10 Å². The molecule has 0 atom stereocenters. The Hall–Kier alpha value is -2.74. The molecule has 0 N–H and O–H groups in total. The molecule has 1 heterocycles. The van der Waals surface area contributed by atoms with Crippen molar-refractivity contribution in [2.24, 2.45) is 0 Å². The second-order valence-electron chi connectivity index (χ2n) is 6.88. The van der Waals surface area contributed by atoms with Crippen molar-refractivity contribution in [3.8, 4) is 0 Å². The van der Waals surface area contributed by atoms with Gasteiger partial charge in [-0.25, -0.2) is 0 Å². The van der Waals surface area contributed by atoms with Gasteiger partial charge >= 0.3 is 8.24 Å². The van der Waals surface area contributed by atoms with E-state index in [0.717, 1.165) is 32.7 Å². The van der Waals surface area contributed by atoms with Gasteiger partial charge in [0.1, 0.15) is 11.2 Å². The van der Waals surface area contributed by atoms with Crippen molar-refractivity contribution in [3.63, 3.8) is 0 Å². The second kappa shape index (κ2) is 6.45. The Kier molecular flexibility index (Phi) is 3.93. The molecule has 0 unspecified atom stereocenters. The standard InChI is InChI=1S/C23H19O3P/c1-15(2)24-27-25-20-13-11-16-7-3-5-9-18(16)22(20)23-19-10-6-4-8-17(19)12-14-21(23)26-27/h3-15H,1-2H3. The van der Waals surface area contributed by atoms with Gasteiger partial charge in [0.05, 0.1) is 6.10 Å². The smallest absolute Gasteiger partial charge is 0.387 e. The number of hydrogen-bond donors (Lipinski definition) is 0. The molecule has 0 spiro atoms. The van der Waals surface area contributed by atoms with Gasteiger partial charge in [-0.15, -0.1) is 0 Å². The minimum atomic E-state index is -1.52. The molecule has 3 nitrogen and oxygen atoms in total. The Morgan fingerprint density at radius 3 is 1.63 bits per heavy atom. The van der Waals surface area contributed by atoms with Crippen LogP contribution in [0.25, 0.3) is 43.5 Å². The van der Waals surface area contributed by atoms with Crippen LogP contribution in [0.15, 0.2) is 81.2 Å². The zero-order chi connectivity index (χ0) is 18.4. The fourth-order valence-electron chi connectivity index (χ4n) is 3.57. The Morgan fingerprint density at radius 2 is 1.15 bits per heavy atom. The molecule has 1 aromatic heterocycles. The summed E-state index contributed by atoms with van der Waals surface area (Å²) in [6.07, 6.45) is 0.0158. The highest BCUT2D eigenvalue weighted by molar-refractivity contribution is 7.31. The summed E-state index contributed by atoms with van der Waals surface area (Å²) in [5.41, 5.74) is 1.60. The molecule has 4 heteroatoms. The van der Waals surface area contributed by atoms with E-state index < -0.39 is 8.24 Å². The maximum absolute atomic E-state index is 6.23. The van der Waals surface area contributed by atoms with Gasteiger partial charge < -0.3 is 8.39 Å². The summed E-state index contributed by atoms with van der Waals surface area (Å²) in [6.45, 7) is 3.98. The molecular weight excluding hydrogens is 355 g/mol. The summed E-state index contributed by atoms with van der Waals surface area (Å²) in [7, 11) is -1.52. The predicted octanol–water partition coefficient (Wildman–Crippen LogP) is 7.43. The Balaban J connectivity index is 2.10. The van der Waals surface area contributed by atoms with E-state index in [9.17, 15) is 0 Å². The van der Waals surface area contributed by atoms with E-state index in [4.69, 9.17) is 12.9 Å². The molecule has 0 aliphatic rings. The van der Waals surface area contributed by atoms with Gasteiger partial charge in [-0.1, -0.05) is 60.7 Å². The zero-order valence-electron chi connectivity index (χ0n) is 15.2. The molecule has 27 heavy (non-hydrogen) atoms.